The van der Waals surface area contributed by atoms with Crippen LogP contribution in [0.15, 0.2) is 66.7 Å². The molecule has 1 aliphatic heterocycles. The Labute approximate surface area is 161 Å². The number of piperidine rings is 1. The van der Waals surface area contributed by atoms with Gasteiger partial charge in [-0.25, -0.2) is 0 Å². The number of nitrogens with one attached hydrogen (secondary N) is 1. The molecular weight excluding hydrogens is 332 g/mol. The predicted molar refractivity (Wildman–Crippen MR) is 112 cm³/mol. The molecule has 3 nitrogen and oxygen atoms in total. The van der Waals surface area contributed by atoms with Crippen LogP contribution in [-0.2, 0) is 11.3 Å². The highest BCUT2D eigenvalue weighted by molar-refractivity contribution is 6.02. The van der Waals surface area contributed by atoms with Gasteiger partial charge in [0.05, 0.1) is 0 Å². The third kappa shape index (κ3) is 4.04. The summed E-state index contributed by atoms with van der Waals surface area (Å²) >= 11 is 0. The van der Waals surface area contributed by atoms with Gasteiger partial charge in [-0.05, 0) is 55.4 Å². The zero-order valence-corrected chi connectivity index (χ0v) is 15.8. The molecular formula is C24H26N2O. The molecule has 3 aromatic rings. The highest BCUT2D eigenvalue weighted by atomic mass is 16.1. The van der Waals surface area contributed by atoms with E-state index in [-0.39, 0.29) is 11.8 Å². The van der Waals surface area contributed by atoms with Crippen molar-refractivity contribution >= 4 is 22.4 Å². The van der Waals surface area contributed by atoms with Gasteiger partial charge in [0.1, 0.15) is 0 Å². The summed E-state index contributed by atoms with van der Waals surface area (Å²) in [5.41, 5.74) is 3.64. The van der Waals surface area contributed by atoms with Crippen LogP contribution in [0.25, 0.3) is 10.8 Å². The predicted octanol–water partition coefficient (Wildman–Crippen LogP) is 5.00. The number of nitrogens with zero attached hydrogens (tertiary/aromatic N) is 1. The molecule has 3 aromatic carbocycles. The average molecular weight is 358 g/mol. The molecule has 1 fully saturated rings. The van der Waals surface area contributed by atoms with Crippen LogP contribution in [0.1, 0.15) is 24.0 Å². The Morgan fingerprint density at radius 3 is 2.48 bits per heavy atom. The van der Waals surface area contributed by atoms with Crippen molar-refractivity contribution in [2.45, 2.75) is 26.3 Å². The Morgan fingerprint density at radius 1 is 0.963 bits per heavy atom. The van der Waals surface area contributed by atoms with E-state index in [9.17, 15) is 4.79 Å². The third-order valence-corrected chi connectivity index (χ3v) is 5.66. The first-order valence-electron chi connectivity index (χ1n) is 9.76. The van der Waals surface area contributed by atoms with Crippen molar-refractivity contribution in [3.63, 3.8) is 0 Å². The Bertz CT molecular complexity index is 937. The second-order valence-corrected chi connectivity index (χ2v) is 7.49. The van der Waals surface area contributed by atoms with Gasteiger partial charge in [0.15, 0.2) is 0 Å². The summed E-state index contributed by atoms with van der Waals surface area (Å²) in [6.45, 7) is 5.09. The maximum absolute atomic E-state index is 12.8. The largest absolute Gasteiger partial charge is 0.325 e. The summed E-state index contributed by atoms with van der Waals surface area (Å²) in [4.78, 5) is 15.3. The number of fused-ring (bicyclic) bond motifs is 1. The fourth-order valence-corrected chi connectivity index (χ4v) is 3.95. The number of likely N-dealkylation sites (tertiary alicyclic amines) is 1. The molecule has 0 atom stereocenters. The van der Waals surface area contributed by atoms with Crippen molar-refractivity contribution < 1.29 is 4.79 Å². The van der Waals surface area contributed by atoms with Crippen LogP contribution in [0.5, 0.6) is 0 Å². The number of carbonyl (C=O) groups excluding carboxylic acids is 1. The van der Waals surface area contributed by atoms with E-state index >= 15 is 0 Å². The van der Waals surface area contributed by atoms with E-state index in [2.05, 4.69) is 59.6 Å². The SMILES string of the molecule is Cc1ccccc1CN1CCC(C(=O)Nc2cccc3ccccc23)CC1. The summed E-state index contributed by atoms with van der Waals surface area (Å²) in [6.07, 6.45) is 1.84. The third-order valence-electron chi connectivity index (χ3n) is 5.66. The number of rotatable bonds is 4. The molecule has 1 N–H and O–H groups in total. The molecule has 0 spiro atoms. The van der Waals surface area contributed by atoms with Gasteiger partial charge < -0.3 is 5.32 Å². The summed E-state index contributed by atoms with van der Waals surface area (Å²) in [5, 5.41) is 5.43. The van der Waals surface area contributed by atoms with Gasteiger partial charge in [0.2, 0.25) is 5.91 Å². The molecule has 1 saturated heterocycles. The molecule has 3 heteroatoms. The topological polar surface area (TPSA) is 32.3 Å². The van der Waals surface area contributed by atoms with Crippen LogP contribution in [0, 0.1) is 12.8 Å². The molecule has 138 valence electrons. The van der Waals surface area contributed by atoms with E-state index in [1.807, 2.05) is 24.3 Å². The molecule has 27 heavy (non-hydrogen) atoms. The normalized spacial score (nSPS) is 15.7. The summed E-state index contributed by atoms with van der Waals surface area (Å²) in [6, 6.07) is 22.8. The molecule has 0 bridgehead atoms. The fourth-order valence-electron chi connectivity index (χ4n) is 3.95. The van der Waals surface area contributed by atoms with E-state index in [4.69, 9.17) is 0 Å². The van der Waals surface area contributed by atoms with E-state index in [0.717, 1.165) is 48.9 Å². The first kappa shape index (κ1) is 17.7. The number of hydrogen-bond acceptors (Lipinski definition) is 2. The number of benzene rings is 3. The Hall–Kier alpha value is -2.65. The van der Waals surface area contributed by atoms with Crippen molar-refractivity contribution in [3.05, 3.63) is 77.9 Å². The van der Waals surface area contributed by atoms with Crippen LogP contribution in [0.4, 0.5) is 5.69 Å². The molecule has 0 aromatic heterocycles. The van der Waals surface area contributed by atoms with Crippen LogP contribution in [-0.4, -0.2) is 23.9 Å². The number of anilines is 1. The molecule has 1 heterocycles. The van der Waals surface area contributed by atoms with Gasteiger partial charge in [-0.2, -0.15) is 0 Å². The first-order valence-corrected chi connectivity index (χ1v) is 9.76. The second-order valence-electron chi connectivity index (χ2n) is 7.49. The first-order chi connectivity index (χ1) is 13.2. The van der Waals surface area contributed by atoms with Crippen LogP contribution in [0.3, 0.4) is 0 Å². The zero-order valence-electron chi connectivity index (χ0n) is 15.8. The van der Waals surface area contributed by atoms with Crippen molar-refractivity contribution in [2.75, 3.05) is 18.4 Å². The van der Waals surface area contributed by atoms with Gasteiger partial charge >= 0.3 is 0 Å². The maximum Gasteiger partial charge on any atom is 0.227 e. The highest BCUT2D eigenvalue weighted by Gasteiger charge is 2.25. The molecule has 0 aliphatic carbocycles. The number of aryl methyl sites for hydroxylation is 1. The van der Waals surface area contributed by atoms with E-state index in [1.54, 1.807) is 0 Å². The number of carbonyl (C=O) groups is 1. The lowest BCUT2D eigenvalue weighted by atomic mass is 9.95. The van der Waals surface area contributed by atoms with Crippen molar-refractivity contribution in [1.82, 2.24) is 4.90 Å². The molecule has 0 saturated carbocycles. The summed E-state index contributed by atoms with van der Waals surface area (Å²) in [7, 11) is 0. The monoisotopic (exact) mass is 358 g/mol. The number of amides is 1. The van der Waals surface area contributed by atoms with Crippen LogP contribution < -0.4 is 5.32 Å². The minimum atomic E-state index is 0.0945. The smallest absolute Gasteiger partial charge is 0.227 e. The minimum Gasteiger partial charge on any atom is -0.325 e. The fraction of sp³-hybridized carbons (Fsp3) is 0.292. The molecule has 0 unspecified atom stereocenters. The van der Waals surface area contributed by atoms with E-state index < -0.39 is 0 Å². The number of hydrogen-bond donors (Lipinski definition) is 1. The zero-order chi connectivity index (χ0) is 18.6. The van der Waals surface area contributed by atoms with Crippen molar-refractivity contribution in [1.29, 1.82) is 0 Å². The Morgan fingerprint density at radius 2 is 1.67 bits per heavy atom. The second kappa shape index (κ2) is 7.93. The van der Waals surface area contributed by atoms with Crippen LogP contribution >= 0.6 is 0 Å². The van der Waals surface area contributed by atoms with Crippen molar-refractivity contribution in [3.8, 4) is 0 Å². The minimum absolute atomic E-state index is 0.0945. The standard InChI is InChI=1S/C24H26N2O/c1-18-7-2-3-9-21(18)17-26-15-13-20(14-16-26)24(27)25-23-12-6-10-19-8-4-5-11-22(19)23/h2-12,20H,13-17H2,1H3,(H,25,27). The van der Waals surface area contributed by atoms with Gasteiger partial charge in [-0.15, -0.1) is 0 Å². The lowest BCUT2D eigenvalue weighted by Gasteiger charge is -2.31. The molecule has 4 rings (SSSR count). The highest BCUT2D eigenvalue weighted by Crippen LogP contribution is 2.26. The van der Waals surface area contributed by atoms with Gasteiger partial charge in [0.25, 0.3) is 0 Å². The lowest BCUT2D eigenvalue weighted by Crippen LogP contribution is -2.37. The van der Waals surface area contributed by atoms with Crippen LogP contribution in [0.2, 0.25) is 0 Å². The average Bonchev–Trinajstić information content (AvgIpc) is 2.70. The van der Waals surface area contributed by atoms with Gasteiger partial charge in [-0.3, -0.25) is 9.69 Å². The van der Waals surface area contributed by atoms with Gasteiger partial charge in [-0.1, -0.05) is 60.7 Å². The summed E-state index contributed by atoms with van der Waals surface area (Å²) in [5.74, 6) is 0.249. The maximum atomic E-state index is 12.8. The van der Waals surface area contributed by atoms with Gasteiger partial charge in [0, 0.05) is 23.5 Å². The molecule has 0 radical (unpaired) electrons. The van der Waals surface area contributed by atoms with Crippen molar-refractivity contribution in [2.24, 2.45) is 5.92 Å². The summed E-state index contributed by atoms with van der Waals surface area (Å²) < 4.78 is 0. The molecule has 1 amide bonds. The Balaban J connectivity index is 1.37. The lowest BCUT2D eigenvalue weighted by molar-refractivity contribution is -0.121. The van der Waals surface area contributed by atoms with E-state index in [1.165, 1.54) is 11.1 Å². The quantitative estimate of drug-likeness (QED) is 0.712. The Kier molecular flexibility index (Phi) is 5.21. The van der Waals surface area contributed by atoms with E-state index in [0.29, 0.717) is 0 Å². The molecule has 1 aliphatic rings.